The first kappa shape index (κ1) is 33.2. The molecule has 2 aromatic carbocycles. The first-order chi connectivity index (χ1) is 20.8. The van der Waals surface area contributed by atoms with Crippen molar-refractivity contribution in [2.45, 2.75) is 82.1 Å². The van der Waals surface area contributed by atoms with E-state index in [1.165, 1.54) is 0 Å². The average molecular weight is 632 g/mol. The zero-order chi connectivity index (χ0) is 31.9. The first-order valence-corrected chi connectivity index (χ1v) is 16.3. The molecule has 3 amide bonds. The van der Waals surface area contributed by atoms with E-state index in [2.05, 4.69) is 16.0 Å². The number of benzene rings is 2. The third kappa shape index (κ3) is 9.66. The van der Waals surface area contributed by atoms with Crippen LogP contribution < -0.4 is 20.7 Å². The van der Waals surface area contributed by atoms with Crippen molar-refractivity contribution in [2.75, 3.05) is 6.54 Å². The summed E-state index contributed by atoms with van der Waals surface area (Å²) in [6.07, 6.45) is 1.29. The fraction of sp³-hybridized carbons (Fsp3) is 0.516. The molecule has 4 atom stereocenters. The highest BCUT2D eigenvalue weighted by atomic mass is 32.2. The van der Waals surface area contributed by atoms with Gasteiger partial charge in [-0.25, -0.2) is 4.79 Å². The summed E-state index contributed by atoms with van der Waals surface area (Å²) in [7, 11) is -4.96. The van der Waals surface area contributed by atoms with Crippen LogP contribution in [0.2, 0.25) is 0 Å². The molecule has 2 unspecified atom stereocenters. The molecule has 240 valence electrons. The summed E-state index contributed by atoms with van der Waals surface area (Å²) in [6.45, 7) is 4.48. The molecule has 5 N–H and O–H groups in total. The predicted molar refractivity (Wildman–Crippen MR) is 161 cm³/mol. The van der Waals surface area contributed by atoms with Crippen molar-refractivity contribution in [3.8, 4) is 5.75 Å². The Balaban J connectivity index is 1.37. The van der Waals surface area contributed by atoms with Crippen LogP contribution in [0.4, 0.5) is 4.79 Å². The lowest BCUT2D eigenvalue weighted by Gasteiger charge is -2.28. The molecule has 44 heavy (non-hydrogen) atoms. The summed E-state index contributed by atoms with van der Waals surface area (Å²) in [5.41, 5.74) is -1.12. The minimum atomic E-state index is -4.96. The number of hydrogen-bond acceptors (Lipinski definition) is 8. The zero-order valence-electron chi connectivity index (χ0n) is 24.9. The van der Waals surface area contributed by atoms with Gasteiger partial charge in [0.2, 0.25) is 17.3 Å². The van der Waals surface area contributed by atoms with E-state index in [0.29, 0.717) is 44.6 Å². The SMILES string of the molecule is CC(C)C[C@H](NC(=O)OC1(Cc2cccc(OCc3ccccc3)c2)CC1)C(=O)N[C@@H](CC1CCNC1=O)C(O)S(=O)(=O)O. The number of alkyl carbamates (subject to hydrolysis) is 1. The molecule has 0 aromatic heterocycles. The van der Waals surface area contributed by atoms with E-state index >= 15 is 0 Å². The van der Waals surface area contributed by atoms with Crippen LogP contribution in [0.5, 0.6) is 5.75 Å². The van der Waals surface area contributed by atoms with Gasteiger partial charge in [0.1, 0.15) is 24.0 Å². The number of hydrogen-bond donors (Lipinski definition) is 5. The monoisotopic (exact) mass is 631 g/mol. The molecule has 2 fully saturated rings. The van der Waals surface area contributed by atoms with E-state index in [9.17, 15) is 32.5 Å². The Kier molecular flexibility index (Phi) is 10.9. The van der Waals surface area contributed by atoms with Crippen molar-refractivity contribution in [3.63, 3.8) is 0 Å². The van der Waals surface area contributed by atoms with Gasteiger partial charge in [-0.15, -0.1) is 0 Å². The normalized spacial score (nSPS) is 19.4. The largest absolute Gasteiger partial charge is 0.489 e. The topological polar surface area (TPSA) is 180 Å². The Morgan fingerprint density at radius 1 is 1.07 bits per heavy atom. The van der Waals surface area contributed by atoms with E-state index in [1.54, 1.807) is 0 Å². The van der Waals surface area contributed by atoms with Gasteiger partial charge in [0.15, 0.2) is 0 Å². The van der Waals surface area contributed by atoms with Crippen LogP contribution in [0.25, 0.3) is 0 Å². The molecule has 13 heteroatoms. The molecule has 4 rings (SSSR count). The Morgan fingerprint density at radius 2 is 1.77 bits per heavy atom. The number of carbonyl (C=O) groups is 3. The molecule has 1 saturated heterocycles. The van der Waals surface area contributed by atoms with E-state index in [-0.39, 0.29) is 24.7 Å². The second kappa shape index (κ2) is 14.4. The fourth-order valence-electron chi connectivity index (χ4n) is 5.30. The lowest BCUT2D eigenvalue weighted by molar-refractivity contribution is -0.126. The molecule has 0 radical (unpaired) electrons. The molecule has 1 saturated carbocycles. The number of rotatable bonds is 15. The van der Waals surface area contributed by atoms with Crippen molar-refractivity contribution in [3.05, 3.63) is 65.7 Å². The summed E-state index contributed by atoms with van der Waals surface area (Å²) < 4.78 is 44.6. The van der Waals surface area contributed by atoms with Crippen molar-refractivity contribution in [1.29, 1.82) is 0 Å². The molecule has 12 nitrogen and oxygen atoms in total. The number of nitrogens with one attached hydrogen (secondary N) is 3. The number of aliphatic hydroxyl groups excluding tert-OH is 1. The molecule has 2 aromatic rings. The molecular weight excluding hydrogens is 590 g/mol. The summed E-state index contributed by atoms with van der Waals surface area (Å²) >= 11 is 0. The van der Waals surface area contributed by atoms with Crippen LogP contribution in [0.1, 0.15) is 57.1 Å². The van der Waals surface area contributed by atoms with Crippen LogP contribution >= 0.6 is 0 Å². The second-order valence-corrected chi connectivity index (χ2v) is 13.5. The van der Waals surface area contributed by atoms with Crippen LogP contribution in [0.3, 0.4) is 0 Å². The molecule has 1 heterocycles. The van der Waals surface area contributed by atoms with Crippen LogP contribution in [0, 0.1) is 11.8 Å². The summed E-state index contributed by atoms with van der Waals surface area (Å²) in [4.78, 5) is 38.4. The smallest absolute Gasteiger partial charge is 0.408 e. The van der Waals surface area contributed by atoms with E-state index in [1.807, 2.05) is 68.4 Å². The Bertz CT molecular complexity index is 1410. The van der Waals surface area contributed by atoms with Gasteiger partial charge in [-0.05, 0) is 61.3 Å². The van der Waals surface area contributed by atoms with Crippen molar-refractivity contribution < 1.29 is 41.9 Å². The molecular formula is C31H41N3O9S. The van der Waals surface area contributed by atoms with Gasteiger partial charge in [0, 0.05) is 18.9 Å². The third-order valence-electron chi connectivity index (χ3n) is 7.78. The maximum absolute atomic E-state index is 13.3. The maximum Gasteiger partial charge on any atom is 0.408 e. The number of aliphatic hydroxyl groups is 1. The van der Waals surface area contributed by atoms with Crippen molar-refractivity contribution >= 4 is 28.0 Å². The number of ether oxygens (including phenoxy) is 2. The number of carbonyl (C=O) groups excluding carboxylic acids is 3. The average Bonchev–Trinajstić information content (AvgIpc) is 3.59. The Hall–Kier alpha value is -3.68. The van der Waals surface area contributed by atoms with Gasteiger partial charge in [0.05, 0.1) is 6.04 Å². The molecule has 0 bridgehead atoms. The second-order valence-electron chi connectivity index (χ2n) is 12.0. The van der Waals surface area contributed by atoms with Crippen LogP contribution in [-0.4, -0.2) is 65.7 Å². The van der Waals surface area contributed by atoms with Gasteiger partial charge in [-0.2, -0.15) is 8.42 Å². The lowest BCUT2D eigenvalue weighted by atomic mass is 9.97. The maximum atomic E-state index is 13.3. The van der Waals surface area contributed by atoms with Gasteiger partial charge >= 0.3 is 6.09 Å². The van der Waals surface area contributed by atoms with Crippen LogP contribution in [-0.2, 0) is 37.5 Å². The van der Waals surface area contributed by atoms with Gasteiger partial charge < -0.3 is 30.5 Å². The number of amides is 3. The van der Waals surface area contributed by atoms with E-state index in [0.717, 1.165) is 11.1 Å². The zero-order valence-corrected chi connectivity index (χ0v) is 25.7. The highest BCUT2D eigenvalue weighted by molar-refractivity contribution is 7.86. The predicted octanol–water partition coefficient (Wildman–Crippen LogP) is 2.70. The molecule has 1 aliphatic carbocycles. The van der Waals surface area contributed by atoms with Crippen molar-refractivity contribution in [2.24, 2.45) is 11.8 Å². The lowest BCUT2D eigenvalue weighted by Crippen LogP contribution is -2.55. The quantitative estimate of drug-likeness (QED) is 0.185. The molecule has 2 aliphatic rings. The third-order valence-corrected chi connectivity index (χ3v) is 8.72. The van der Waals surface area contributed by atoms with Crippen molar-refractivity contribution in [1.82, 2.24) is 16.0 Å². The van der Waals surface area contributed by atoms with E-state index in [4.69, 9.17) is 9.47 Å². The molecule has 0 spiro atoms. The summed E-state index contributed by atoms with van der Waals surface area (Å²) in [6, 6.07) is 14.8. The standard InChI is InChI=1S/C31H41N3O9S/c1-20(2)15-25(28(36)33-26(29(37)44(39,40)41)17-23-11-14-32-27(23)35)34-30(38)43-31(12-13-31)18-22-9-6-10-24(16-22)42-19-21-7-4-3-5-8-21/h3-10,16,20,23,25-26,29,37H,11-15,17-19H2,1-2H3,(H,32,35)(H,33,36)(H,34,38)(H,39,40,41)/t23?,25-,26-,29?/m0/s1. The highest BCUT2D eigenvalue weighted by Gasteiger charge is 2.47. The minimum absolute atomic E-state index is 0.0508. The summed E-state index contributed by atoms with van der Waals surface area (Å²) in [5, 5.41) is 17.9. The first-order valence-electron chi connectivity index (χ1n) is 14.8. The van der Waals surface area contributed by atoms with E-state index < -0.39 is 51.2 Å². The van der Waals surface area contributed by atoms with Gasteiger partial charge in [-0.3, -0.25) is 14.1 Å². The Labute approximate surface area is 257 Å². The minimum Gasteiger partial charge on any atom is -0.489 e. The molecule has 1 aliphatic heterocycles. The van der Waals surface area contributed by atoms with Gasteiger partial charge in [-0.1, -0.05) is 56.3 Å². The summed E-state index contributed by atoms with van der Waals surface area (Å²) in [5.74, 6) is -1.12. The van der Waals surface area contributed by atoms with Crippen LogP contribution in [0.15, 0.2) is 54.6 Å². The highest BCUT2D eigenvalue weighted by Crippen LogP contribution is 2.43. The van der Waals surface area contributed by atoms with Gasteiger partial charge in [0.25, 0.3) is 10.1 Å². The fourth-order valence-corrected chi connectivity index (χ4v) is 5.89. The Morgan fingerprint density at radius 3 is 2.39 bits per heavy atom.